The second-order valence-corrected chi connectivity index (χ2v) is 3.23. The standard InChI is InChI=1S/C9H9N2O3/c1-6-4-8-7(11(13)14)2-3-9(12)10(8)5-6/h2-5,9,12H,1H3/q-1. The van der Waals surface area contributed by atoms with Crippen LogP contribution in [0.3, 0.4) is 0 Å². The van der Waals surface area contributed by atoms with Crippen molar-refractivity contribution in [1.29, 1.82) is 0 Å². The third-order valence-corrected chi connectivity index (χ3v) is 2.16. The molecule has 0 saturated heterocycles. The molecule has 1 atom stereocenters. The van der Waals surface area contributed by atoms with E-state index < -0.39 is 11.1 Å². The maximum atomic E-state index is 10.7. The highest BCUT2D eigenvalue weighted by molar-refractivity contribution is 6.05. The van der Waals surface area contributed by atoms with Crippen molar-refractivity contribution in [1.82, 2.24) is 4.57 Å². The minimum absolute atomic E-state index is 0.0170. The van der Waals surface area contributed by atoms with Gasteiger partial charge in [-0.2, -0.15) is 4.90 Å². The zero-order valence-electron chi connectivity index (χ0n) is 7.54. The molecular weight excluding hydrogens is 184 g/mol. The largest absolute Gasteiger partial charge is 0.612 e. The number of aryl methyl sites for hydroxylation is 1. The molecule has 0 amide bonds. The highest BCUT2D eigenvalue weighted by Gasteiger charge is 2.21. The molecule has 1 aromatic heterocycles. The van der Waals surface area contributed by atoms with E-state index in [2.05, 4.69) is 0 Å². The summed E-state index contributed by atoms with van der Waals surface area (Å²) >= 11 is 0. The van der Waals surface area contributed by atoms with Gasteiger partial charge in [-0.05, 0) is 24.6 Å². The van der Waals surface area contributed by atoms with Crippen molar-refractivity contribution in [3.63, 3.8) is 0 Å². The van der Waals surface area contributed by atoms with Gasteiger partial charge in [-0.25, -0.2) is 0 Å². The van der Waals surface area contributed by atoms with Crippen molar-refractivity contribution in [2.75, 3.05) is 0 Å². The fraction of sp³-hybridized carbons (Fsp3) is 0.222. The third kappa shape index (κ3) is 1.18. The van der Waals surface area contributed by atoms with Gasteiger partial charge in [0.05, 0.1) is 0 Å². The number of allylic oxidation sites excluding steroid dienone is 1. The van der Waals surface area contributed by atoms with Crippen molar-refractivity contribution in [3.05, 3.63) is 46.1 Å². The molecule has 2 heterocycles. The Morgan fingerprint density at radius 2 is 2.21 bits per heavy atom. The maximum Gasteiger partial charge on any atom is 0.246 e. The summed E-state index contributed by atoms with van der Waals surface area (Å²) in [6, 6.07) is 1.69. The Bertz CT molecular complexity index is 427. The van der Waals surface area contributed by atoms with Crippen LogP contribution < -0.4 is 0 Å². The Hall–Kier alpha value is -1.75. The van der Waals surface area contributed by atoms with Gasteiger partial charge in [-0.3, -0.25) is 0 Å². The van der Waals surface area contributed by atoms with Gasteiger partial charge in [0.25, 0.3) is 0 Å². The van der Waals surface area contributed by atoms with E-state index in [0.29, 0.717) is 5.69 Å². The minimum atomic E-state index is -0.803. The number of hydrogen-bond donors (Lipinski definition) is 1. The SMILES string of the molecule is Cc1cc2n(c1)C(O)C=CC2=[N+]([O-])[O-]. The van der Waals surface area contributed by atoms with E-state index in [9.17, 15) is 15.5 Å². The van der Waals surface area contributed by atoms with Crippen LogP contribution in [0.4, 0.5) is 0 Å². The highest BCUT2D eigenvalue weighted by atomic mass is 16.8. The molecule has 1 aromatic rings. The van der Waals surface area contributed by atoms with Crippen molar-refractivity contribution >= 4 is 5.71 Å². The van der Waals surface area contributed by atoms with E-state index in [1.165, 1.54) is 16.7 Å². The fourth-order valence-electron chi connectivity index (χ4n) is 1.55. The summed E-state index contributed by atoms with van der Waals surface area (Å²) in [5.74, 6) is 0. The Morgan fingerprint density at radius 1 is 1.50 bits per heavy atom. The summed E-state index contributed by atoms with van der Waals surface area (Å²) in [7, 11) is 0. The van der Waals surface area contributed by atoms with E-state index in [4.69, 9.17) is 0 Å². The average molecular weight is 193 g/mol. The molecule has 1 unspecified atom stereocenters. The molecule has 1 aliphatic heterocycles. The molecule has 0 spiro atoms. The Balaban J connectivity index is 2.64. The molecule has 5 heteroatoms. The first-order valence-corrected chi connectivity index (χ1v) is 4.16. The van der Waals surface area contributed by atoms with Crippen LogP contribution in [0, 0.1) is 17.3 Å². The summed E-state index contributed by atoms with van der Waals surface area (Å²) in [6.07, 6.45) is 3.61. The molecule has 0 saturated carbocycles. The third-order valence-electron chi connectivity index (χ3n) is 2.16. The summed E-state index contributed by atoms with van der Waals surface area (Å²) in [6.45, 7) is 1.83. The lowest BCUT2D eigenvalue weighted by Crippen LogP contribution is -2.21. The van der Waals surface area contributed by atoms with Gasteiger partial charge in [0.2, 0.25) is 5.71 Å². The molecule has 74 valence electrons. The van der Waals surface area contributed by atoms with E-state index >= 15 is 0 Å². The number of aromatic nitrogens is 1. The predicted octanol–water partition coefficient (Wildman–Crippen LogP) is 0.654. The zero-order valence-corrected chi connectivity index (χ0v) is 7.54. The molecule has 5 nitrogen and oxygen atoms in total. The Morgan fingerprint density at radius 3 is 2.86 bits per heavy atom. The lowest BCUT2D eigenvalue weighted by atomic mass is 10.2. The lowest BCUT2D eigenvalue weighted by molar-refractivity contribution is -0.377. The van der Waals surface area contributed by atoms with Crippen LogP contribution in [0.5, 0.6) is 0 Å². The monoisotopic (exact) mass is 193 g/mol. The van der Waals surface area contributed by atoms with Crippen molar-refractivity contribution in [2.45, 2.75) is 13.2 Å². The average Bonchev–Trinajstić information content (AvgIpc) is 2.47. The lowest BCUT2D eigenvalue weighted by Gasteiger charge is -2.18. The maximum absolute atomic E-state index is 10.7. The van der Waals surface area contributed by atoms with Crippen molar-refractivity contribution in [3.8, 4) is 0 Å². The Labute approximate surface area is 80.4 Å². The van der Waals surface area contributed by atoms with Gasteiger partial charge >= 0.3 is 0 Å². The second-order valence-electron chi connectivity index (χ2n) is 3.23. The van der Waals surface area contributed by atoms with Crippen molar-refractivity contribution < 1.29 is 10.0 Å². The first-order chi connectivity index (χ1) is 6.59. The number of aliphatic hydroxyl groups is 1. The van der Waals surface area contributed by atoms with Crippen LogP contribution in [0.15, 0.2) is 24.4 Å². The second kappa shape index (κ2) is 2.88. The van der Waals surface area contributed by atoms with Crippen molar-refractivity contribution in [2.24, 2.45) is 0 Å². The van der Waals surface area contributed by atoms with Gasteiger partial charge in [0.1, 0.15) is 5.69 Å². The normalized spacial score (nSPS) is 19.6. The van der Waals surface area contributed by atoms with Crippen LogP contribution in [0.1, 0.15) is 17.5 Å². The number of rotatable bonds is 0. The fourth-order valence-corrected chi connectivity index (χ4v) is 1.55. The smallest absolute Gasteiger partial charge is 0.246 e. The molecular formula is C9H9N2O3-. The van der Waals surface area contributed by atoms with Crippen LogP contribution in [0.25, 0.3) is 0 Å². The number of fused-ring (bicyclic) bond motifs is 1. The predicted molar refractivity (Wildman–Crippen MR) is 50.7 cm³/mol. The summed E-state index contributed by atoms with van der Waals surface area (Å²) in [5.41, 5.74) is 1.35. The molecule has 0 aliphatic carbocycles. The van der Waals surface area contributed by atoms with Gasteiger partial charge in [-0.15, -0.1) is 0 Å². The van der Waals surface area contributed by atoms with Crippen LogP contribution in [0.2, 0.25) is 0 Å². The first kappa shape index (κ1) is 8.83. The number of nitrogens with zero attached hydrogens (tertiary/aromatic N) is 2. The molecule has 0 radical (unpaired) electrons. The van der Waals surface area contributed by atoms with Gasteiger partial charge in [0, 0.05) is 12.3 Å². The molecule has 1 N–H and O–H groups in total. The topological polar surface area (TPSA) is 74.3 Å². The van der Waals surface area contributed by atoms with Crippen LogP contribution >= 0.6 is 0 Å². The number of hydrogen-bond acceptors (Lipinski definition) is 3. The molecule has 1 aliphatic rings. The summed E-state index contributed by atoms with van der Waals surface area (Å²) < 4.78 is 1.48. The van der Waals surface area contributed by atoms with Gasteiger partial charge in [-0.1, -0.05) is 0 Å². The number of aliphatic hydroxyl groups excluding tert-OH is 1. The first-order valence-electron chi connectivity index (χ1n) is 4.16. The van der Waals surface area contributed by atoms with Crippen LogP contribution in [-0.2, 0) is 0 Å². The molecule has 2 rings (SSSR count). The van der Waals surface area contributed by atoms with Gasteiger partial charge < -0.3 is 20.1 Å². The summed E-state index contributed by atoms with van der Waals surface area (Å²) in [5, 5.41) is 30.8. The zero-order chi connectivity index (χ0) is 10.3. The molecule has 0 fully saturated rings. The Kier molecular flexibility index (Phi) is 1.82. The van der Waals surface area contributed by atoms with E-state index in [0.717, 1.165) is 5.56 Å². The molecule has 0 bridgehead atoms. The molecule has 14 heavy (non-hydrogen) atoms. The van der Waals surface area contributed by atoms with Gasteiger partial charge in [0.15, 0.2) is 6.23 Å². The minimum Gasteiger partial charge on any atom is -0.612 e. The van der Waals surface area contributed by atoms with E-state index in [1.807, 2.05) is 6.92 Å². The highest BCUT2D eigenvalue weighted by Crippen LogP contribution is 2.20. The van der Waals surface area contributed by atoms with E-state index in [1.54, 1.807) is 12.3 Å². The van der Waals surface area contributed by atoms with Crippen LogP contribution in [-0.4, -0.2) is 20.3 Å². The quantitative estimate of drug-likeness (QED) is 0.485. The summed E-state index contributed by atoms with van der Waals surface area (Å²) in [4.78, 5) is -0.451. The molecule has 0 aromatic carbocycles. The van der Waals surface area contributed by atoms with E-state index in [-0.39, 0.29) is 5.71 Å².